The van der Waals surface area contributed by atoms with E-state index >= 15 is 0 Å². The molecule has 0 spiro atoms. The first kappa shape index (κ1) is 19.4. The van der Waals surface area contributed by atoms with Crippen LogP contribution in [0.2, 0.25) is 0 Å². The zero-order valence-corrected chi connectivity index (χ0v) is 14.4. The molecular formula is C16H23ClFN3O2. The molecule has 5 nitrogen and oxygen atoms in total. The van der Waals surface area contributed by atoms with Gasteiger partial charge in [0.05, 0.1) is 11.6 Å². The van der Waals surface area contributed by atoms with Gasteiger partial charge in [0.2, 0.25) is 11.8 Å². The fraction of sp³-hybridized carbons (Fsp3) is 0.500. The number of amides is 2. The van der Waals surface area contributed by atoms with Crippen LogP contribution >= 0.6 is 12.4 Å². The van der Waals surface area contributed by atoms with Crippen molar-refractivity contribution in [1.82, 2.24) is 10.6 Å². The van der Waals surface area contributed by atoms with Gasteiger partial charge in [0.1, 0.15) is 5.82 Å². The summed E-state index contributed by atoms with van der Waals surface area (Å²) in [6, 6.07) is 4.90. The maximum Gasteiger partial charge on any atom is 0.227 e. The van der Waals surface area contributed by atoms with Crippen molar-refractivity contribution in [2.45, 2.75) is 26.3 Å². The first-order valence-electron chi connectivity index (χ1n) is 7.44. The third-order valence-electron chi connectivity index (χ3n) is 3.97. The van der Waals surface area contributed by atoms with E-state index in [0.717, 1.165) is 5.56 Å². The molecule has 128 valence electrons. The Balaban J connectivity index is 0.00000264. The van der Waals surface area contributed by atoms with Gasteiger partial charge in [-0.05, 0) is 38.6 Å². The second-order valence-corrected chi connectivity index (χ2v) is 5.80. The number of rotatable bonds is 5. The summed E-state index contributed by atoms with van der Waals surface area (Å²) in [5, 5.41) is 5.84. The number of hydrogen-bond acceptors (Lipinski definition) is 3. The molecule has 1 aromatic carbocycles. The van der Waals surface area contributed by atoms with Crippen molar-refractivity contribution >= 4 is 29.9 Å². The van der Waals surface area contributed by atoms with Crippen LogP contribution in [-0.2, 0) is 9.59 Å². The van der Waals surface area contributed by atoms with E-state index in [2.05, 4.69) is 10.6 Å². The minimum atomic E-state index is -0.433. The average molecular weight is 344 g/mol. The maximum absolute atomic E-state index is 14.0. The van der Waals surface area contributed by atoms with Gasteiger partial charge in [0.15, 0.2) is 0 Å². The van der Waals surface area contributed by atoms with E-state index in [0.29, 0.717) is 6.54 Å². The Labute approximate surface area is 142 Å². The van der Waals surface area contributed by atoms with Gasteiger partial charge in [-0.2, -0.15) is 0 Å². The van der Waals surface area contributed by atoms with Crippen LogP contribution in [0.4, 0.5) is 10.1 Å². The van der Waals surface area contributed by atoms with Gasteiger partial charge in [-0.25, -0.2) is 4.39 Å². The van der Waals surface area contributed by atoms with E-state index in [1.54, 1.807) is 19.1 Å². The number of aryl methyl sites for hydroxylation is 1. The lowest BCUT2D eigenvalue weighted by Gasteiger charge is -2.18. The van der Waals surface area contributed by atoms with Crippen molar-refractivity contribution in [2.75, 3.05) is 25.0 Å². The van der Waals surface area contributed by atoms with Crippen LogP contribution in [0.1, 0.15) is 18.9 Å². The Morgan fingerprint density at radius 1 is 1.48 bits per heavy atom. The summed E-state index contributed by atoms with van der Waals surface area (Å²) in [4.78, 5) is 25.6. The first-order chi connectivity index (χ1) is 10.4. The molecule has 1 aliphatic rings. The molecule has 0 bridgehead atoms. The fourth-order valence-electron chi connectivity index (χ4n) is 2.45. The van der Waals surface area contributed by atoms with Gasteiger partial charge < -0.3 is 15.5 Å². The number of carbonyl (C=O) groups excluding carboxylic acids is 2. The normalized spacial score (nSPS) is 18.5. The first-order valence-corrected chi connectivity index (χ1v) is 7.44. The quantitative estimate of drug-likeness (QED) is 0.854. The zero-order chi connectivity index (χ0) is 16.3. The summed E-state index contributed by atoms with van der Waals surface area (Å²) in [6.07, 6.45) is 0.118. The summed E-state index contributed by atoms with van der Waals surface area (Å²) in [7, 11) is 1.82. The monoisotopic (exact) mass is 343 g/mol. The smallest absolute Gasteiger partial charge is 0.227 e. The molecule has 1 aliphatic heterocycles. The lowest BCUT2D eigenvalue weighted by molar-refractivity contribution is -0.126. The number of hydrogen-bond donors (Lipinski definition) is 2. The molecule has 0 aliphatic carbocycles. The predicted octanol–water partition coefficient (Wildman–Crippen LogP) is 1.63. The van der Waals surface area contributed by atoms with Crippen molar-refractivity contribution in [1.29, 1.82) is 0 Å². The standard InChI is InChI=1S/C16H22FN3O2.ClH/c1-10-4-5-14(13(17)6-10)20-9-12(7-15(20)21)16(22)19-8-11(2)18-3;/h4-6,11-12,18H,7-9H2,1-3H3,(H,19,22);1H. The molecule has 1 fully saturated rings. The molecule has 1 aromatic rings. The SMILES string of the molecule is CNC(C)CNC(=O)C1CC(=O)N(c2ccc(C)cc2F)C1.Cl. The molecule has 0 aromatic heterocycles. The van der Waals surface area contributed by atoms with Crippen LogP contribution < -0.4 is 15.5 Å². The summed E-state index contributed by atoms with van der Waals surface area (Å²) in [5.74, 6) is -1.24. The highest BCUT2D eigenvalue weighted by atomic mass is 35.5. The van der Waals surface area contributed by atoms with Gasteiger partial charge in [-0.1, -0.05) is 6.07 Å². The predicted molar refractivity (Wildman–Crippen MR) is 90.4 cm³/mol. The number of benzene rings is 1. The Hall–Kier alpha value is -1.66. The lowest BCUT2D eigenvalue weighted by Crippen LogP contribution is -2.40. The van der Waals surface area contributed by atoms with Crippen LogP contribution in [0.25, 0.3) is 0 Å². The van der Waals surface area contributed by atoms with Gasteiger partial charge in [0.25, 0.3) is 0 Å². The second kappa shape index (κ2) is 8.26. The third kappa shape index (κ3) is 4.65. The molecule has 1 heterocycles. The average Bonchev–Trinajstić information content (AvgIpc) is 2.86. The topological polar surface area (TPSA) is 61.4 Å². The maximum atomic E-state index is 14.0. The van der Waals surface area contributed by atoms with Gasteiger partial charge >= 0.3 is 0 Å². The number of nitrogens with zero attached hydrogens (tertiary/aromatic N) is 1. The summed E-state index contributed by atoms with van der Waals surface area (Å²) >= 11 is 0. The van der Waals surface area contributed by atoms with Crippen molar-refractivity contribution < 1.29 is 14.0 Å². The van der Waals surface area contributed by atoms with Gasteiger partial charge in [0, 0.05) is 25.6 Å². The molecule has 23 heavy (non-hydrogen) atoms. The minimum absolute atomic E-state index is 0. The van der Waals surface area contributed by atoms with Crippen molar-refractivity contribution in [3.05, 3.63) is 29.6 Å². The number of likely N-dealkylation sites (N-methyl/N-ethyl adjacent to an activating group) is 1. The fourth-order valence-corrected chi connectivity index (χ4v) is 2.45. The Bertz CT molecular complexity index is 582. The number of anilines is 1. The number of halogens is 2. The molecule has 7 heteroatoms. The van der Waals surface area contributed by atoms with Gasteiger partial charge in [-0.3, -0.25) is 9.59 Å². The summed E-state index contributed by atoms with van der Waals surface area (Å²) in [6.45, 7) is 4.46. The molecule has 1 saturated heterocycles. The summed E-state index contributed by atoms with van der Waals surface area (Å²) in [5.41, 5.74) is 1.04. The highest BCUT2D eigenvalue weighted by Crippen LogP contribution is 2.28. The van der Waals surface area contributed by atoms with E-state index in [-0.39, 0.29) is 48.9 Å². The molecule has 2 atom stereocenters. The molecule has 2 amide bonds. The molecule has 2 rings (SSSR count). The molecular weight excluding hydrogens is 321 g/mol. The van der Waals surface area contributed by atoms with E-state index < -0.39 is 11.7 Å². The Morgan fingerprint density at radius 3 is 2.78 bits per heavy atom. The van der Waals surface area contributed by atoms with Crippen LogP contribution in [-0.4, -0.2) is 38.0 Å². The number of carbonyl (C=O) groups is 2. The van der Waals surface area contributed by atoms with Crippen LogP contribution in [0.3, 0.4) is 0 Å². The molecule has 2 unspecified atom stereocenters. The largest absolute Gasteiger partial charge is 0.354 e. The zero-order valence-electron chi connectivity index (χ0n) is 13.6. The third-order valence-corrected chi connectivity index (χ3v) is 3.97. The Morgan fingerprint density at radius 2 is 2.17 bits per heavy atom. The highest BCUT2D eigenvalue weighted by Gasteiger charge is 2.36. The van der Waals surface area contributed by atoms with Crippen molar-refractivity contribution in [2.24, 2.45) is 5.92 Å². The van der Waals surface area contributed by atoms with E-state index in [1.165, 1.54) is 11.0 Å². The van der Waals surface area contributed by atoms with Crippen molar-refractivity contribution in [3.8, 4) is 0 Å². The van der Waals surface area contributed by atoms with Crippen molar-refractivity contribution in [3.63, 3.8) is 0 Å². The van der Waals surface area contributed by atoms with E-state index in [1.807, 2.05) is 14.0 Å². The van der Waals surface area contributed by atoms with Crippen LogP contribution in [0.15, 0.2) is 18.2 Å². The second-order valence-electron chi connectivity index (χ2n) is 5.80. The molecule has 0 saturated carbocycles. The highest BCUT2D eigenvalue weighted by molar-refractivity contribution is 6.00. The molecule has 2 N–H and O–H groups in total. The number of nitrogens with one attached hydrogen (secondary N) is 2. The van der Waals surface area contributed by atoms with Gasteiger partial charge in [-0.15, -0.1) is 12.4 Å². The van der Waals surface area contributed by atoms with E-state index in [4.69, 9.17) is 0 Å². The minimum Gasteiger partial charge on any atom is -0.354 e. The van der Waals surface area contributed by atoms with Crippen LogP contribution in [0, 0.1) is 18.7 Å². The van der Waals surface area contributed by atoms with E-state index in [9.17, 15) is 14.0 Å². The lowest BCUT2D eigenvalue weighted by atomic mass is 10.1. The molecule has 0 radical (unpaired) electrons. The van der Waals surface area contributed by atoms with Crippen LogP contribution in [0.5, 0.6) is 0 Å². The Kier molecular flexibility index (Phi) is 6.97. The summed E-state index contributed by atoms with van der Waals surface area (Å²) < 4.78 is 14.0.